The molecule has 0 N–H and O–H groups in total. The molecule has 0 aliphatic heterocycles. The molecule has 0 bridgehead atoms. The third kappa shape index (κ3) is 3.12. The number of rotatable bonds is 5. The first kappa shape index (κ1) is 14.8. The van der Waals surface area contributed by atoms with E-state index in [2.05, 4.69) is 49.1 Å². The van der Waals surface area contributed by atoms with Gasteiger partial charge in [-0.3, -0.25) is 0 Å². The molecule has 2 unspecified atom stereocenters. The standard InChI is InChI=1S/C18H22O2/c1-4-5-12-20-13-8-11-15-14(2)18(19-3)17-10-7-6-9-16(15)17/h6-7,9-11,14,18H,8,12-13H2,1-3H3/b15-11+. The molecule has 1 aromatic rings. The molecule has 1 aliphatic carbocycles. The van der Waals surface area contributed by atoms with Crippen molar-refractivity contribution in [3.63, 3.8) is 0 Å². The van der Waals surface area contributed by atoms with Gasteiger partial charge >= 0.3 is 0 Å². The lowest BCUT2D eigenvalue weighted by Gasteiger charge is -2.15. The fraction of sp³-hybridized carbons (Fsp3) is 0.444. The molecule has 1 aliphatic rings. The Morgan fingerprint density at radius 3 is 2.85 bits per heavy atom. The van der Waals surface area contributed by atoms with E-state index in [9.17, 15) is 0 Å². The Morgan fingerprint density at radius 1 is 1.30 bits per heavy atom. The predicted octanol–water partition coefficient (Wildman–Crippen LogP) is 3.84. The Balaban J connectivity index is 2.05. The molecule has 0 spiro atoms. The number of hydrogen-bond acceptors (Lipinski definition) is 2. The Morgan fingerprint density at radius 2 is 2.10 bits per heavy atom. The van der Waals surface area contributed by atoms with Gasteiger partial charge in [-0.25, -0.2) is 0 Å². The minimum atomic E-state index is 0.171. The Hall–Kier alpha value is -1.56. The summed E-state index contributed by atoms with van der Waals surface area (Å²) < 4.78 is 11.1. The molecule has 0 aromatic heterocycles. The van der Waals surface area contributed by atoms with Crippen LogP contribution in [0.3, 0.4) is 0 Å². The summed E-state index contributed by atoms with van der Waals surface area (Å²) in [6, 6.07) is 8.51. The van der Waals surface area contributed by atoms with Gasteiger partial charge in [0.25, 0.3) is 0 Å². The van der Waals surface area contributed by atoms with Gasteiger partial charge in [0.05, 0.1) is 12.7 Å². The fourth-order valence-electron chi connectivity index (χ4n) is 2.81. The van der Waals surface area contributed by atoms with Crippen LogP contribution in [0.25, 0.3) is 5.57 Å². The van der Waals surface area contributed by atoms with Crippen molar-refractivity contribution >= 4 is 5.57 Å². The third-order valence-electron chi connectivity index (χ3n) is 3.75. The highest BCUT2D eigenvalue weighted by molar-refractivity contribution is 5.75. The Labute approximate surface area is 121 Å². The van der Waals surface area contributed by atoms with Crippen LogP contribution >= 0.6 is 0 Å². The largest absolute Gasteiger partial charge is 0.376 e. The van der Waals surface area contributed by atoms with Crippen molar-refractivity contribution in [2.24, 2.45) is 5.92 Å². The summed E-state index contributed by atoms with van der Waals surface area (Å²) in [6.07, 6.45) is 3.36. The zero-order valence-corrected chi connectivity index (χ0v) is 12.5. The van der Waals surface area contributed by atoms with Crippen LogP contribution in [-0.2, 0) is 9.47 Å². The lowest BCUT2D eigenvalue weighted by molar-refractivity contribution is 0.0831. The summed E-state index contributed by atoms with van der Waals surface area (Å²) in [5, 5.41) is 0. The monoisotopic (exact) mass is 270 g/mol. The lowest BCUT2D eigenvalue weighted by atomic mass is 9.99. The molecule has 2 nitrogen and oxygen atoms in total. The van der Waals surface area contributed by atoms with Gasteiger partial charge < -0.3 is 9.47 Å². The first-order chi connectivity index (χ1) is 9.79. The minimum Gasteiger partial charge on any atom is -0.376 e. The number of ether oxygens (including phenoxy) is 2. The summed E-state index contributed by atoms with van der Waals surface area (Å²) in [4.78, 5) is 0. The number of benzene rings is 1. The van der Waals surface area contributed by atoms with E-state index in [0.717, 1.165) is 6.42 Å². The van der Waals surface area contributed by atoms with Crippen molar-refractivity contribution in [3.05, 3.63) is 41.5 Å². The minimum absolute atomic E-state index is 0.171. The second-order valence-corrected chi connectivity index (χ2v) is 4.96. The van der Waals surface area contributed by atoms with Gasteiger partial charge in [0.15, 0.2) is 0 Å². The van der Waals surface area contributed by atoms with Gasteiger partial charge in [-0.05, 0) is 30.0 Å². The van der Waals surface area contributed by atoms with Gasteiger partial charge in [0.2, 0.25) is 0 Å². The van der Waals surface area contributed by atoms with Crippen LogP contribution < -0.4 is 0 Å². The Bertz CT molecular complexity index is 534. The van der Waals surface area contributed by atoms with Gasteiger partial charge in [0, 0.05) is 13.0 Å². The second-order valence-electron chi connectivity index (χ2n) is 4.96. The van der Waals surface area contributed by atoms with E-state index in [-0.39, 0.29) is 6.10 Å². The van der Waals surface area contributed by atoms with E-state index < -0.39 is 0 Å². The maximum atomic E-state index is 5.65. The molecule has 1 aromatic carbocycles. The molecule has 0 amide bonds. The third-order valence-corrected chi connectivity index (χ3v) is 3.75. The van der Waals surface area contributed by atoms with Crippen LogP contribution in [0.4, 0.5) is 0 Å². The van der Waals surface area contributed by atoms with E-state index in [1.165, 1.54) is 16.7 Å². The van der Waals surface area contributed by atoms with Gasteiger partial charge in [-0.1, -0.05) is 43.2 Å². The SMILES string of the molecule is CC#CCOCC/C=C1/c2ccccc2C(OC)C1C. The van der Waals surface area contributed by atoms with Crippen LogP contribution in [0.15, 0.2) is 30.3 Å². The molecule has 0 saturated carbocycles. The van der Waals surface area contributed by atoms with Crippen molar-refractivity contribution in [1.82, 2.24) is 0 Å². The van der Waals surface area contributed by atoms with Crippen molar-refractivity contribution in [2.75, 3.05) is 20.3 Å². The summed E-state index contributed by atoms with van der Waals surface area (Å²) in [7, 11) is 1.79. The fourth-order valence-corrected chi connectivity index (χ4v) is 2.81. The summed E-state index contributed by atoms with van der Waals surface area (Å²) in [5.41, 5.74) is 3.99. The van der Waals surface area contributed by atoms with E-state index in [0.29, 0.717) is 19.1 Å². The molecule has 2 atom stereocenters. The highest BCUT2D eigenvalue weighted by Crippen LogP contribution is 2.45. The molecular formula is C18H22O2. The number of hydrogen-bond donors (Lipinski definition) is 0. The summed E-state index contributed by atoms with van der Waals surface area (Å²) in [6.45, 7) is 5.29. The van der Waals surface area contributed by atoms with Crippen LogP contribution in [0.1, 0.15) is 37.5 Å². The van der Waals surface area contributed by atoms with Crippen LogP contribution in [-0.4, -0.2) is 20.3 Å². The quantitative estimate of drug-likeness (QED) is 0.598. The topological polar surface area (TPSA) is 18.5 Å². The molecule has 2 rings (SSSR count). The molecular weight excluding hydrogens is 248 g/mol. The molecule has 106 valence electrons. The van der Waals surface area contributed by atoms with Crippen LogP contribution in [0.5, 0.6) is 0 Å². The van der Waals surface area contributed by atoms with E-state index in [1.807, 2.05) is 6.92 Å². The highest BCUT2D eigenvalue weighted by atomic mass is 16.5. The summed E-state index contributed by atoms with van der Waals surface area (Å²) >= 11 is 0. The smallest absolute Gasteiger partial charge is 0.107 e. The lowest BCUT2D eigenvalue weighted by Crippen LogP contribution is -2.05. The first-order valence-corrected chi connectivity index (χ1v) is 7.09. The van der Waals surface area contributed by atoms with Crippen molar-refractivity contribution in [1.29, 1.82) is 0 Å². The maximum Gasteiger partial charge on any atom is 0.107 e. The molecule has 0 fully saturated rings. The number of methoxy groups -OCH3 is 1. The molecule has 0 heterocycles. The van der Waals surface area contributed by atoms with Crippen molar-refractivity contribution < 1.29 is 9.47 Å². The van der Waals surface area contributed by atoms with E-state index >= 15 is 0 Å². The molecule has 2 heteroatoms. The number of fused-ring (bicyclic) bond motifs is 1. The van der Waals surface area contributed by atoms with Crippen LogP contribution in [0.2, 0.25) is 0 Å². The normalized spacial score (nSPS) is 22.4. The zero-order valence-electron chi connectivity index (χ0n) is 12.5. The average Bonchev–Trinajstić information content (AvgIpc) is 2.74. The molecule has 20 heavy (non-hydrogen) atoms. The van der Waals surface area contributed by atoms with E-state index in [4.69, 9.17) is 9.47 Å². The van der Waals surface area contributed by atoms with Gasteiger partial charge in [-0.2, -0.15) is 0 Å². The van der Waals surface area contributed by atoms with Crippen LogP contribution in [0, 0.1) is 17.8 Å². The van der Waals surface area contributed by atoms with Gasteiger partial charge in [-0.15, -0.1) is 5.92 Å². The van der Waals surface area contributed by atoms with Crippen molar-refractivity contribution in [2.45, 2.75) is 26.4 Å². The zero-order chi connectivity index (χ0) is 14.4. The highest BCUT2D eigenvalue weighted by Gasteiger charge is 2.32. The second kappa shape index (κ2) is 7.28. The Kier molecular flexibility index (Phi) is 5.40. The summed E-state index contributed by atoms with van der Waals surface area (Å²) in [5.74, 6) is 6.13. The van der Waals surface area contributed by atoms with Crippen molar-refractivity contribution in [3.8, 4) is 11.8 Å². The first-order valence-electron chi connectivity index (χ1n) is 7.09. The average molecular weight is 270 g/mol. The predicted molar refractivity (Wildman–Crippen MR) is 82.2 cm³/mol. The maximum absolute atomic E-state index is 5.65. The molecule has 0 saturated heterocycles. The van der Waals surface area contributed by atoms with E-state index in [1.54, 1.807) is 7.11 Å². The van der Waals surface area contributed by atoms with Gasteiger partial charge in [0.1, 0.15) is 6.61 Å². The molecule has 0 radical (unpaired) electrons.